The summed E-state index contributed by atoms with van der Waals surface area (Å²) in [7, 11) is 0. The summed E-state index contributed by atoms with van der Waals surface area (Å²) in [5.41, 5.74) is 2.36. The largest absolute Gasteiger partial charge is 0.390 e. The molecule has 1 aromatic carbocycles. The Balaban J connectivity index is 1.91. The summed E-state index contributed by atoms with van der Waals surface area (Å²) in [5, 5.41) is 24.6. The quantitative estimate of drug-likeness (QED) is 0.633. The summed E-state index contributed by atoms with van der Waals surface area (Å²) in [6.07, 6.45) is 1.70. The summed E-state index contributed by atoms with van der Waals surface area (Å²) in [4.78, 5) is 7.73. The molecule has 0 aliphatic carbocycles. The first-order valence-corrected chi connectivity index (χ1v) is 8.31. The summed E-state index contributed by atoms with van der Waals surface area (Å²) >= 11 is 9.43. The lowest BCUT2D eigenvalue weighted by Gasteiger charge is -2.09. The minimum Gasteiger partial charge on any atom is -0.390 e. The third-order valence-electron chi connectivity index (χ3n) is 3.53. The van der Waals surface area contributed by atoms with Crippen molar-refractivity contribution >= 4 is 27.5 Å². The molecule has 24 heavy (non-hydrogen) atoms. The first-order chi connectivity index (χ1) is 11.6. The van der Waals surface area contributed by atoms with Gasteiger partial charge >= 0.3 is 0 Å². The van der Waals surface area contributed by atoms with Crippen LogP contribution in [0.3, 0.4) is 0 Å². The van der Waals surface area contributed by atoms with Crippen LogP contribution in [0.1, 0.15) is 28.6 Å². The fourth-order valence-electron chi connectivity index (χ4n) is 2.35. The lowest BCUT2D eigenvalue weighted by molar-refractivity contribution is 0.213. The van der Waals surface area contributed by atoms with Gasteiger partial charge in [0, 0.05) is 16.2 Å². The highest BCUT2D eigenvalue weighted by Gasteiger charge is 2.20. The van der Waals surface area contributed by atoms with Gasteiger partial charge in [-0.05, 0) is 23.8 Å². The molecule has 3 rings (SSSR count). The molecular weight excluding hydrogens is 396 g/mol. The Bertz CT molecular complexity index is 856. The third kappa shape index (κ3) is 3.64. The van der Waals surface area contributed by atoms with Crippen LogP contribution >= 0.6 is 27.5 Å². The van der Waals surface area contributed by atoms with Gasteiger partial charge in [-0.3, -0.25) is 4.68 Å². The molecule has 2 N–H and O–H groups in total. The molecule has 0 aliphatic rings. The Morgan fingerprint density at radius 2 is 2.12 bits per heavy atom. The van der Waals surface area contributed by atoms with Gasteiger partial charge in [-0.25, -0.2) is 9.97 Å². The molecule has 0 spiro atoms. The van der Waals surface area contributed by atoms with Crippen molar-refractivity contribution in [1.29, 1.82) is 0 Å². The van der Waals surface area contributed by atoms with Crippen LogP contribution < -0.4 is 0 Å². The van der Waals surface area contributed by atoms with Crippen LogP contribution in [0.4, 0.5) is 0 Å². The minimum atomic E-state index is -1.06. The molecule has 6 nitrogen and oxygen atoms in total. The number of hydrogen-bond donors (Lipinski definition) is 2. The van der Waals surface area contributed by atoms with Gasteiger partial charge in [-0.1, -0.05) is 39.7 Å². The van der Waals surface area contributed by atoms with Gasteiger partial charge in [0.2, 0.25) is 0 Å². The predicted molar refractivity (Wildman–Crippen MR) is 92.5 cm³/mol. The van der Waals surface area contributed by atoms with Crippen LogP contribution in [0.2, 0.25) is 5.15 Å². The fourth-order valence-corrected chi connectivity index (χ4v) is 2.99. The number of benzene rings is 1. The predicted octanol–water partition coefficient (Wildman–Crippen LogP) is 2.71. The van der Waals surface area contributed by atoms with Crippen molar-refractivity contribution in [1.82, 2.24) is 19.7 Å². The molecule has 0 bridgehead atoms. The number of aliphatic hydroxyl groups excluding tert-OH is 2. The van der Waals surface area contributed by atoms with E-state index in [0.29, 0.717) is 23.5 Å². The first kappa shape index (κ1) is 17.0. The van der Waals surface area contributed by atoms with E-state index in [4.69, 9.17) is 11.6 Å². The maximum atomic E-state index is 10.5. The molecule has 1 atom stereocenters. The van der Waals surface area contributed by atoms with E-state index in [2.05, 4.69) is 31.0 Å². The van der Waals surface area contributed by atoms with Crippen molar-refractivity contribution in [3.63, 3.8) is 0 Å². The molecule has 1 unspecified atom stereocenters. The number of hydrogen-bond acceptors (Lipinski definition) is 5. The Morgan fingerprint density at radius 3 is 2.83 bits per heavy atom. The normalized spacial score (nSPS) is 12.3. The smallest absolute Gasteiger partial charge is 0.138 e. The molecule has 2 aromatic heterocycles. The standard InChI is InChI=1S/C16H14BrClN4O2/c17-11-3-1-2-10(4-11)7-22-12(8-23)5-14(21-22)15(24)13-6-19-9-20-16(13)18/h1-6,9,15,23-24H,7-8H2. The van der Waals surface area contributed by atoms with Gasteiger partial charge in [0.1, 0.15) is 17.6 Å². The Morgan fingerprint density at radius 1 is 1.29 bits per heavy atom. The number of halogens is 2. The van der Waals surface area contributed by atoms with Gasteiger partial charge in [0.05, 0.1) is 24.5 Å². The van der Waals surface area contributed by atoms with E-state index in [1.807, 2.05) is 24.3 Å². The van der Waals surface area contributed by atoms with Crippen molar-refractivity contribution < 1.29 is 10.2 Å². The van der Waals surface area contributed by atoms with Crippen molar-refractivity contribution in [3.05, 3.63) is 75.0 Å². The Kier molecular flexibility index (Phi) is 5.25. The maximum Gasteiger partial charge on any atom is 0.138 e. The zero-order valence-corrected chi connectivity index (χ0v) is 14.8. The topological polar surface area (TPSA) is 84.1 Å². The molecule has 3 aromatic rings. The fraction of sp³-hybridized carbons (Fsp3) is 0.188. The van der Waals surface area contributed by atoms with Gasteiger partial charge in [0.25, 0.3) is 0 Å². The second kappa shape index (κ2) is 7.40. The average Bonchev–Trinajstić information content (AvgIpc) is 2.97. The molecule has 0 aliphatic heterocycles. The van der Waals surface area contributed by atoms with Crippen LogP contribution in [0.5, 0.6) is 0 Å². The van der Waals surface area contributed by atoms with Crippen LogP contribution in [-0.4, -0.2) is 30.0 Å². The van der Waals surface area contributed by atoms with Crippen LogP contribution in [0.15, 0.2) is 47.3 Å². The van der Waals surface area contributed by atoms with Crippen molar-refractivity contribution in [2.24, 2.45) is 0 Å². The highest BCUT2D eigenvalue weighted by atomic mass is 79.9. The monoisotopic (exact) mass is 408 g/mol. The third-order valence-corrected chi connectivity index (χ3v) is 4.34. The molecule has 124 valence electrons. The van der Waals surface area contributed by atoms with Gasteiger partial charge < -0.3 is 10.2 Å². The lowest BCUT2D eigenvalue weighted by atomic mass is 10.1. The number of aliphatic hydroxyl groups is 2. The van der Waals surface area contributed by atoms with Gasteiger partial charge in [-0.15, -0.1) is 0 Å². The van der Waals surface area contributed by atoms with E-state index in [-0.39, 0.29) is 11.8 Å². The second-order valence-corrected chi connectivity index (χ2v) is 6.45. The summed E-state index contributed by atoms with van der Waals surface area (Å²) in [6.45, 7) is 0.286. The summed E-state index contributed by atoms with van der Waals surface area (Å²) in [5.74, 6) is 0. The minimum absolute atomic E-state index is 0.171. The van der Waals surface area contributed by atoms with Crippen molar-refractivity contribution in [2.45, 2.75) is 19.3 Å². The Hall–Kier alpha value is -1.80. The van der Waals surface area contributed by atoms with Crippen LogP contribution in [0.25, 0.3) is 0 Å². The average molecular weight is 410 g/mol. The molecule has 2 heterocycles. The SMILES string of the molecule is OCc1cc(C(O)c2cncnc2Cl)nn1Cc1cccc(Br)c1. The number of rotatable bonds is 5. The van der Waals surface area contributed by atoms with E-state index < -0.39 is 6.10 Å². The molecule has 0 saturated heterocycles. The highest BCUT2D eigenvalue weighted by molar-refractivity contribution is 9.10. The summed E-state index contributed by atoms with van der Waals surface area (Å²) < 4.78 is 2.61. The zero-order chi connectivity index (χ0) is 17.1. The van der Waals surface area contributed by atoms with Crippen molar-refractivity contribution in [2.75, 3.05) is 0 Å². The van der Waals surface area contributed by atoms with Crippen LogP contribution in [0, 0.1) is 0 Å². The van der Waals surface area contributed by atoms with Crippen molar-refractivity contribution in [3.8, 4) is 0 Å². The van der Waals surface area contributed by atoms with E-state index in [9.17, 15) is 10.2 Å². The van der Waals surface area contributed by atoms with Gasteiger partial charge in [-0.2, -0.15) is 5.10 Å². The second-order valence-electron chi connectivity index (χ2n) is 5.18. The summed E-state index contributed by atoms with van der Waals surface area (Å²) in [6, 6.07) is 9.45. The van der Waals surface area contributed by atoms with E-state index in [0.717, 1.165) is 10.0 Å². The lowest BCUT2D eigenvalue weighted by Crippen LogP contribution is -2.08. The number of aromatic nitrogens is 4. The zero-order valence-electron chi connectivity index (χ0n) is 12.5. The molecule has 0 fully saturated rings. The highest BCUT2D eigenvalue weighted by Crippen LogP contribution is 2.26. The van der Waals surface area contributed by atoms with E-state index in [1.54, 1.807) is 10.7 Å². The molecular formula is C16H14BrClN4O2. The Labute approximate surface area is 151 Å². The molecule has 8 heteroatoms. The maximum absolute atomic E-state index is 10.5. The molecule has 0 radical (unpaired) electrons. The first-order valence-electron chi connectivity index (χ1n) is 7.14. The van der Waals surface area contributed by atoms with E-state index in [1.165, 1.54) is 12.5 Å². The number of nitrogens with zero attached hydrogens (tertiary/aromatic N) is 4. The van der Waals surface area contributed by atoms with Gasteiger partial charge in [0.15, 0.2) is 0 Å². The van der Waals surface area contributed by atoms with Crippen LogP contribution in [-0.2, 0) is 13.2 Å². The van der Waals surface area contributed by atoms with E-state index >= 15 is 0 Å². The molecule has 0 saturated carbocycles. The molecule has 0 amide bonds.